The molecule has 6 nitrogen and oxygen atoms in total. The van der Waals surface area contributed by atoms with Gasteiger partial charge in [-0.15, -0.1) is 0 Å². The van der Waals surface area contributed by atoms with E-state index in [1.54, 1.807) is 48.5 Å². The first-order valence-corrected chi connectivity index (χ1v) is 14.7. The number of pyridine rings is 1. The van der Waals surface area contributed by atoms with Crippen LogP contribution in [0.5, 0.6) is 0 Å². The van der Waals surface area contributed by atoms with Gasteiger partial charge in [0.15, 0.2) is 0 Å². The fourth-order valence-corrected chi connectivity index (χ4v) is 6.42. The number of aliphatic hydroxyl groups excluding tert-OH is 2. The van der Waals surface area contributed by atoms with Gasteiger partial charge in [0, 0.05) is 24.1 Å². The van der Waals surface area contributed by atoms with Crippen LogP contribution in [0.25, 0.3) is 17.2 Å². The van der Waals surface area contributed by atoms with Crippen LogP contribution < -0.4 is 4.31 Å². The molecule has 0 bridgehead atoms. The SMILES string of the molecule is C=C(O)CCC[C@H](O)/C=C/c1c(C(C)C)nc2c(c1-c1ccc(F)cc1)CCCN2S(=O)(=O)c1ccccc1. The highest BCUT2D eigenvalue weighted by Gasteiger charge is 2.34. The van der Waals surface area contributed by atoms with Crippen LogP contribution in [0.4, 0.5) is 10.2 Å². The van der Waals surface area contributed by atoms with Gasteiger partial charge in [-0.05, 0) is 67.0 Å². The van der Waals surface area contributed by atoms with Crippen LogP contribution in [0.3, 0.4) is 0 Å². The minimum absolute atomic E-state index is 0.0628. The highest BCUT2D eigenvalue weighted by atomic mass is 32.2. The van der Waals surface area contributed by atoms with Gasteiger partial charge in [-0.1, -0.05) is 62.9 Å². The summed E-state index contributed by atoms with van der Waals surface area (Å²) in [6.07, 6.45) is 5.43. The van der Waals surface area contributed by atoms with Crippen molar-refractivity contribution in [3.63, 3.8) is 0 Å². The minimum atomic E-state index is -3.85. The van der Waals surface area contributed by atoms with E-state index < -0.39 is 16.1 Å². The lowest BCUT2D eigenvalue weighted by atomic mass is 9.87. The Labute approximate surface area is 230 Å². The van der Waals surface area contributed by atoms with Crippen LogP contribution in [0.15, 0.2) is 77.9 Å². The average molecular weight is 551 g/mol. The van der Waals surface area contributed by atoms with Crippen molar-refractivity contribution < 1.29 is 23.0 Å². The fourth-order valence-electron chi connectivity index (χ4n) is 4.92. The van der Waals surface area contributed by atoms with Crippen LogP contribution in [0.1, 0.15) is 62.3 Å². The second-order valence-corrected chi connectivity index (χ2v) is 12.0. The fraction of sp³-hybridized carbons (Fsp3) is 0.323. The van der Waals surface area contributed by atoms with Crippen LogP contribution in [-0.4, -0.2) is 36.3 Å². The summed E-state index contributed by atoms with van der Waals surface area (Å²) in [4.78, 5) is 5.15. The van der Waals surface area contributed by atoms with E-state index in [0.29, 0.717) is 50.2 Å². The molecular weight excluding hydrogens is 515 g/mol. The Hall–Kier alpha value is -3.49. The van der Waals surface area contributed by atoms with Crippen LogP contribution in [0.2, 0.25) is 0 Å². The second kappa shape index (κ2) is 12.1. The molecule has 0 saturated heterocycles. The first kappa shape index (κ1) is 28.5. The quantitative estimate of drug-likeness (QED) is 0.272. The molecule has 3 aromatic rings. The molecule has 1 aromatic heterocycles. The number of sulfonamides is 1. The maximum absolute atomic E-state index is 13.9. The predicted molar refractivity (Wildman–Crippen MR) is 154 cm³/mol. The number of nitrogens with zero attached hydrogens (tertiary/aromatic N) is 2. The third-order valence-electron chi connectivity index (χ3n) is 6.83. The molecule has 0 radical (unpaired) electrons. The summed E-state index contributed by atoms with van der Waals surface area (Å²) in [5, 5.41) is 19.9. The third kappa shape index (κ3) is 6.40. The van der Waals surface area contributed by atoms with Gasteiger partial charge in [0.05, 0.1) is 22.5 Å². The smallest absolute Gasteiger partial charge is 0.265 e. The molecular formula is C31H35FN2O4S. The van der Waals surface area contributed by atoms with E-state index >= 15 is 0 Å². The van der Waals surface area contributed by atoms with Gasteiger partial charge < -0.3 is 10.2 Å². The van der Waals surface area contributed by atoms with E-state index in [1.807, 2.05) is 19.9 Å². The Balaban J connectivity index is 1.90. The molecule has 0 fully saturated rings. The number of rotatable bonds is 10. The van der Waals surface area contributed by atoms with E-state index in [-0.39, 0.29) is 22.4 Å². The average Bonchev–Trinajstić information content (AvgIpc) is 2.91. The van der Waals surface area contributed by atoms with Crippen LogP contribution >= 0.6 is 0 Å². The Morgan fingerprint density at radius 3 is 2.49 bits per heavy atom. The van der Waals surface area contributed by atoms with Gasteiger partial charge in [-0.3, -0.25) is 0 Å². The van der Waals surface area contributed by atoms with E-state index in [4.69, 9.17) is 4.98 Å². The molecule has 0 saturated carbocycles. The summed E-state index contributed by atoms with van der Waals surface area (Å²) >= 11 is 0. The number of anilines is 1. The van der Waals surface area contributed by atoms with Crippen molar-refractivity contribution in [1.82, 2.24) is 4.98 Å². The standard InChI is InChI=1S/C31H35FN2O4S/c1-21(2)30-27(19-18-25(36)10-7-9-22(3)35)29(23-14-16-24(32)17-15-23)28-13-8-20-34(31(28)33-30)39(37,38)26-11-5-4-6-12-26/h4-6,11-12,14-19,21,25,35-36H,3,7-10,13,20H2,1-2H3/b19-18+/t25-/m0/s1. The Morgan fingerprint density at radius 2 is 1.85 bits per heavy atom. The summed E-state index contributed by atoms with van der Waals surface area (Å²) < 4.78 is 42.8. The first-order chi connectivity index (χ1) is 18.6. The van der Waals surface area contributed by atoms with Gasteiger partial charge in [-0.2, -0.15) is 0 Å². The number of hydrogen-bond donors (Lipinski definition) is 2. The zero-order valence-corrected chi connectivity index (χ0v) is 23.2. The van der Waals surface area contributed by atoms with E-state index in [9.17, 15) is 23.0 Å². The van der Waals surface area contributed by atoms with Gasteiger partial charge in [0.1, 0.15) is 11.6 Å². The zero-order chi connectivity index (χ0) is 28.2. The van der Waals surface area contributed by atoms with Gasteiger partial charge in [0.2, 0.25) is 0 Å². The van der Waals surface area contributed by atoms with Crippen molar-refractivity contribution in [3.05, 3.63) is 95.6 Å². The van der Waals surface area contributed by atoms with Crippen LogP contribution in [-0.2, 0) is 16.4 Å². The molecule has 1 aliphatic heterocycles. The molecule has 0 spiro atoms. The Morgan fingerprint density at radius 1 is 1.15 bits per heavy atom. The second-order valence-electron chi connectivity index (χ2n) is 10.1. The molecule has 39 heavy (non-hydrogen) atoms. The lowest BCUT2D eigenvalue weighted by molar-refractivity contribution is 0.208. The zero-order valence-electron chi connectivity index (χ0n) is 22.3. The molecule has 2 heterocycles. The van der Waals surface area contributed by atoms with E-state index in [1.165, 1.54) is 16.4 Å². The maximum Gasteiger partial charge on any atom is 0.265 e. The van der Waals surface area contributed by atoms with Crippen molar-refractivity contribution in [1.29, 1.82) is 0 Å². The normalized spacial score (nSPS) is 14.5. The number of hydrogen-bond acceptors (Lipinski definition) is 5. The van der Waals surface area contributed by atoms with Gasteiger partial charge in [0.25, 0.3) is 10.0 Å². The van der Waals surface area contributed by atoms with Crippen molar-refractivity contribution in [2.24, 2.45) is 0 Å². The number of halogens is 1. The van der Waals surface area contributed by atoms with Crippen molar-refractivity contribution in [2.45, 2.75) is 62.9 Å². The highest BCUT2D eigenvalue weighted by Crippen LogP contribution is 2.42. The molecule has 0 aliphatic carbocycles. The molecule has 2 aromatic carbocycles. The summed E-state index contributed by atoms with van der Waals surface area (Å²) in [6.45, 7) is 7.77. The topological polar surface area (TPSA) is 90.7 Å². The van der Waals surface area contributed by atoms with Crippen molar-refractivity contribution in [2.75, 3.05) is 10.8 Å². The molecule has 1 aliphatic rings. The predicted octanol–water partition coefficient (Wildman–Crippen LogP) is 6.77. The van der Waals surface area contributed by atoms with Gasteiger partial charge >= 0.3 is 0 Å². The van der Waals surface area contributed by atoms with Crippen LogP contribution in [0, 0.1) is 5.82 Å². The molecule has 1 atom stereocenters. The molecule has 4 rings (SSSR count). The number of benzene rings is 2. The van der Waals surface area contributed by atoms with E-state index in [0.717, 1.165) is 22.3 Å². The summed E-state index contributed by atoms with van der Waals surface area (Å²) in [7, 11) is -3.85. The summed E-state index contributed by atoms with van der Waals surface area (Å²) in [6, 6.07) is 14.5. The lowest BCUT2D eigenvalue weighted by Crippen LogP contribution is -2.37. The van der Waals surface area contributed by atoms with Crippen molar-refractivity contribution >= 4 is 21.9 Å². The number of allylic oxidation sites excluding steroid dienone is 1. The number of aromatic nitrogens is 1. The lowest BCUT2D eigenvalue weighted by Gasteiger charge is -2.33. The number of aliphatic hydroxyl groups is 2. The number of fused-ring (bicyclic) bond motifs is 1. The summed E-state index contributed by atoms with van der Waals surface area (Å²) in [5.41, 5.74) is 3.79. The largest absolute Gasteiger partial charge is 0.513 e. The van der Waals surface area contributed by atoms with E-state index in [2.05, 4.69) is 6.58 Å². The van der Waals surface area contributed by atoms with Gasteiger partial charge in [-0.25, -0.2) is 22.1 Å². The molecule has 0 unspecified atom stereocenters. The molecule has 206 valence electrons. The highest BCUT2D eigenvalue weighted by molar-refractivity contribution is 7.92. The Bertz CT molecular complexity index is 1450. The molecule has 2 N–H and O–H groups in total. The first-order valence-electron chi connectivity index (χ1n) is 13.2. The monoisotopic (exact) mass is 550 g/mol. The molecule has 0 amide bonds. The molecule has 8 heteroatoms. The third-order valence-corrected chi connectivity index (χ3v) is 8.63. The Kier molecular flexibility index (Phi) is 8.87. The summed E-state index contributed by atoms with van der Waals surface area (Å²) in [5.74, 6) is 0.0530. The maximum atomic E-state index is 13.9. The van der Waals surface area contributed by atoms with Crippen molar-refractivity contribution in [3.8, 4) is 11.1 Å². The minimum Gasteiger partial charge on any atom is -0.513 e.